The van der Waals surface area contributed by atoms with Crippen LogP contribution < -0.4 is 0 Å². The normalized spacial score (nSPS) is 12.9. The molecule has 0 aliphatic heterocycles. The highest BCUT2D eigenvalue weighted by molar-refractivity contribution is 5.71. The summed E-state index contributed by atoms with van der Waals surface area (Å²) < 4.78 is 16.7. The summed E-state index contributed by atoms with van der Waals surface area (Å²) in [5, 5.41) is 0. The van der Waals surface area contributed by atoms with E-state index in [4.69, 9.17) is 14.2 Å². The minimum atomic E-state index is -0.825. The van der Waals surface area contributed by atoms with Crippen LogP contribution in [0.25, 0.3) is 0 Å². The van der Waals surface area contributed by atoms with Crippen LogP contribution in [0, 0.1) is 0 Å². The van der Waals surface area contributed by atoms with Crippen LogP contribution in [-0.4, -0.2) is 37.2 Å². The van der Waals surface area contributed by atoms with E-state index in [-0.39, 0.29) is 44.0 Å². The van der Waals surface area contributed by atoms with E-state index in [1.807, 2.05) is 0 Å². The zero-order chi connectivity index (χ0) is 45.8. The summed E-state index contributed by atoms with van der Waals surface area (Å²) in [4.78, 5) is 37.9. The van der Waals surface area contributed by atoms with E-state index in [2.05, 4.69) is 118 Å². The molecule has 0 N–H and O–H groups in total. The monoisotopic (exact) mass is 875 g/mol. The van der Waals surface area contributed by atoms with Crippen LogP contribution in [0.15, 0.2) is 97.2 Å². The predicted molar refractivity (Wildman–Crippen MR) is 270 cm³/mol. The molecule has 0 heterocycles. The van der Waals surface area contributed by atoms with Crippen molar-refractivity contribution in [1.29, 1.82) is 0 Å². The van der Waals surface area contributed by atoms with Crippen molar-refractivity contribution in [3.63, 3.8) is 0 Å². The summed E-state index contributed by atoms with van der Waals surface area (Å²) in [6, 6.07) is 0. The van der Waals surface area contributed by atoms with Gasteiger partial charge in [-0.2, -0.15) is 0 Å². The van der Waals surface area contributed by atoms with Gasteiger partial charge in [0.2, 0.25) is 0 Å². The van der Waals surface area contributed by atoms with Crippen LogP contribution in [0.3, 0.4) is 0 Å². The highest BCUT2D eigenvalue weighted by Crippen LogP contribution is 2.13. The Bertz CT molecular complexity index is 1280. The zero-order valence-corrected chi connectivity index (χ0v) is 40.8. The van der Waals surface area contributed by atoms with Gasteiger partial charge in [-0.1, -0.05) is 214 Å². The molecule has 1 atom stereocenters. The molecule has 0 aromatic rings. The van der Waals surface area contributed by atoms with Crippen molar-refractivity contribution in [2.75, 3.05) is 13.2 Å². The Morgan fingerprint density at radius 2 is 0.635 bits per heavy atom. The van der Waals surface area contributed by atoms with Gasteiger partial charge in [0.15, 0.2) is 6.10 Å². The molecule has 0 aromatic carbocycles. The highest BCUT2D eigenvalue weighted by Gasteiger charge is 2.19. The molecule has 358 valence electrons. The van der Waals surface area contributed by atoms with E-state index in [0.29, 0.717) is 19.3 Å². The molecule has 63 heavy (non-hydrogen) atoms. The Morgan fingerprint density at radius 3 is 1.03 bits per heavy atom. The first-order valence-corrected chi connectivity index (χ1v) is 25.7. The summed E-state index contributed by atoms with van der Waals surface area (Å²) in [6.45, 7) is 6.41. The van der Waals surface area contributed by atoms with Crippen molar-refractivity contribution in [3.8, 4) is 0 Å². The number of rotatable bonds is 45. The Hall–Kier alpha value is -3.67. The van der Waals surface area contributed by atoms with Crippen molar-refractivity contribution >= 4 is 17.9 Å². The average Bonchev–Trinajstić information content (AvgIpc) is 3.28. The molecule has 6 heteroatoms. The number of unbranched alkanes of at least 4 members (excludes halogenated alkanes) is 18. The van der Waals surface area contributed by atoms with Crippen molar-refractivity contribution in [3.05, 3.63) is 97.2 Å². The van der Waals surface area contributed by atoms with Gasteiger partial charge in [-0.05, 0) is 89.9 Å². The molecule has 0 amide bonds. The maximum Gasteiger partial charge on any atom is 0.306 e. The molecule has 0 radical (unpaired) electrons. The van der Waals surface area contributed by atoms with Crippen molar-refractivity contribution in [2.45, 2.75) is 232 Å². The fourth-order valence-corrected chi connectivity index (χ4v) is 6.73. The molecule has 0 saturated heterocycles. The van der Waals surface area contributed by atoms with E-state index in [1.165, 1.54) is 96.3 Å². The number of hydrogen-bond acceptors (Lipinski definition) is 6. The molecule has 6 nitrogen and oxygen atoms in total. The number of carbonyl (C=O) groups is 3. The van der Waals surface area contributed by atoms with E-state index >= 15 is 0 Å². The van der Waals surface area contributed by atoms with Crippen LogP contribution in [0.5, 0.6) is 0 Å². The van der Waals surface area contributed by atoms with E-state index < -0.39 is 6.10 Å². The maximum atomic E-state index is 12.8. The first kappa shape index (κ1) is 59.3. The topological polar surface area (TPSA) is 78.9 Å². The second-order valence-corrected chi connectivity index (χ2v) is 16.7. The van der Waals surface area contributed by atoms with Crippen LogP contribution >= 0.6 is 0 Å². The minimum Gasteiger partial charge on any atom is -0.462 e. The van der Waals surface area contributed by atoms with Gasteiger partial charge in [0, 0.05) is 19.3 Å². The number of carbonyl (C=O) groups excluding carboxylic acids is 3. The fourth-order valence-electron chi connectivity index (χ4n) is 6.73. The van der Waals surface area contributed by atoms with Crippen LogP contribution in [0.4, 0.5) is 0 Å². The zero-order valence-electron chi connectivity index (χ0n) is 40.8. The molecule has 0 aliphatic rings. The lowest BCUT2D eigenvalue weighted by Gasteiger charge is -2.18. The summed E-state index contributed by atoms with van der Waals surface area (Å²) in [7, 11) is 0. The summed E-state index contributed by atoms with van der Waals surface area (Å²) in [5.41, 5.74) is 0. The third-order valence-corrected chi connectivity index (χ3v) is 10.6. The SMILES string of the molecule is CC/C=C\C/C=C\C/C=C\C/C=C\C/C=C\CCCC(=O)OCC(COC(=O)CCCCCCCCCCCCC)OC(=O)CCC/C=C\C/C=C\C/C=C\CCCCCCCC. The first-order chi connectivity index (χ1) is 31.0. The van der Waals surface area contributed by atoms with Gasteiger partial charge in [-0.3, -0.25) is 14.4 Å². The third-order valence-electron chi connectivity index (χ3n) is 10.6. The molecule has 0 aliphatic carbocycles. The Kier molecular flexibility index (Phi) is 48.0. The number of ether oxygens (including phenoxy) is 3. The molecule has 0 rings (SSSR count). The largest absolute Gasteiger partial charge is 0.462 e. The molecule has 1 unspecified atom stereocenters. The van der Waals surface area contributed by atoms with Gasteiger partial charge >= 0.3 is 17.9 Å². The van der Waals surface area contributed by atoms with E-state index in [0.717, 1.165) is 77.0 Å². The van der Waals surface area contributed by atoms with Crippen LogP contribution in [-0.2, 0) is 28.6 Å². The van der Waals surface area contributed by atoms with Gasteiger partial charge in [-0.25, -0.2) is 0 Å². The first-order valence-electron chi connectivity index (χ1n) is 25.7. The van der Waals surface area contributed by atoms with E-state index in [9.17, 15) is 14.4 Å². The molecular weight excluding hydrogens is 781 g/mol. The van der Waals surface area contributed by atoms with Crippen molar-refractivity contribution < 1.29 is 28.6 Å². The molecule has 0 saturated carbocycles. The summed E-state index contributed by atoms with van der Waals surface area (Å²) >= 11 is 0. The molecule has 0 spiro atoms. The molecule has 0 bridgehead atoms. The lowest BCUT2D eigenvalue weighted by Crippen LogP contribution is -2.30. The third kappa shape index (κ3) is 49.2. The van der Waals surface area contributed by atoms with Gasteiger partial charge < -0.3 is 14.2 Å². The number of hydrogen-bond donors (Lipinski definition) is 0. The second kappa shape index (κ2) is 51.0. The number of allylic oxidation sites excluding steroid dienone is 16. The van der Waals surface area contributed by atoms with Crippen molar-refractivity contribution in [1.82, 2.24) is 0 Å². The molecular formula is C57H94O6. The minimum absolute atomic E-state index is 0.115. The van der Waals surface area contributed by atoms with Gasteiger partial charge in [0.25, 0.3) is 0 Å². The lowest BCUT2D eigenvalue weighted by atomic mass is 10.1. The summed E-state index contributed by atoms with van der Waals surface area (Å²) in [5.74, 6) is -1.03. The molecule has 0 aromatic heterocycles. The van der Waals surface area contributed by atoms with Gasteiger partial charge in [-0.15, -0.1) is 0 Å². The fraction of sp³-hybridized carbons (Fsp3) is 0.667. The quantitative estimate of drug-likeness (QED) is 0.0262. The predicted octanol–water partition coefficient (Wildman–Crippen LogP) is 17.0. The Balaban J connectivity index is 4.55. The highest BCUT2D eigenvalue weighted by atomic mass is 16.6. The lowest BCUT2D eigenvalue weighted by molar-refractivity contribution is -0.167. The van der Waals surface area contributed by atoms with Crippen LogP contribution in [0.2, 0.25) is 0 Å². The maximum absolute atomic E-state index is 12.8. The number of esters is 3. The Morgan fingerprint density at radius 1 is 0.333 bits per heavy atom. The standard InChI is InChI=1S/C57H94O6/c1-4-7-10-13-16-19-22-24-26-28-30-32-35-38-41-44-47-50-56(59)62-53-54(52-61-55(58)49-46-43-40-37-34-21-18-15-12-9-6-3)63-57(60)51-48-45-42-39-36-33-31-29-27-25-23-20-17-14-11-8-5-2/h7,10,16,19,24-27,30-33,38-39,41-42,54H,4-6,8-9,11-15,17-18,20-23,28-29,34-37,40,43-53H2,1-3H3/b10-7-,19-16-,26-24-,27-25-,32-30-,33-31-,41-38-,42-39-. The smallest absolute Gasteiger partial charge is 0.306 e. The second-order valence-electron chi connectivity index (χ2n) is 16.7. The van der Waals surface area contributed by atoms with Crippen LogP contribution in [0.1, 0.15) is 226 Å². The van der Waals surface area contributed by atoms with Crippen molar-refractivity contribution in [2.24, 2.45) is 0 Å². The Labute approximate surface area is 387 Å². The molecule has 0 fully saturated rings. The van der Waals surface area contributed by atoms with E-state index in [1.54, 1.807) is 0 Å². The van der Waals surface area contributed by atoms with Gasteiger partial charge in [0.05, 0.1) is 0 Å². The summed E-state index contributed by atoms with van der Waals surface area (Å²) in [6.07, 6.45) is 66.9. The average molecular weight is 875 g/mol. The van der Waals surface area contributed by atoms with Gasteiger partial charge in [0.1, 0.15) is 13.2 Å².